The van der Waals surface area contributed by atoms with Gasteiger partial charge in [-0.15, -0.1) is 0 Å². The minimum Gasteiger partial charge on any atom is -0.370 e. The lowest BCUT2D eigenvalue weighted by molar-refractivity contribution is -0.119. The van der Waals surface area contributed by atoms with Crippen LogP contribution >= 0.6 is 34.8 Å². The van der Waals surface area contributed by atoms with Crippen molar-refractivity contribution in [2.75, 3.05) is 24.5 Å². The van der Waals surface area contributed by atoms with Crippen LogP contribution in [0.3, 0.4) is 0 Å². The number of anilines is 1. The third kappa shape index (κ3) is 4.57. The van der Waals surface area contributed by atoms with Gasteiger partial charge in [0.25, 0.3) is 5.56 Å². The van der Waals surface area contributed by atoms with Gasteiger partial charge in [-0.1, -0.05) is 34.8 Å². The van der Waals surface area contributed by atoms with E-state index in [1.165, 1.54) is 17.8 Å². The maximum Gasteiger partial charge on any atom is 0.291 e. The molecule has 0 radical (unpaired) electrons. The Morgan fingerprint density at radius 1 is 1.30 bits per heavy atom. The summed E-state index contributed by atoms with van der Waals surface area (Å²) in [5.74, 6) is 0.354. The van der Waals surface area contributed by atoms with Crippen LogP contribution in [0.5, 0.6) is 0 Å². The number of carbonyl (C=O) groups excluding carboxylic acids is 1. The topological polar surface area (TPSA) is 67.2 Å². The second kappa shape index (κ2) is 8.50. The number of carbonyl (C=O) groups is 1. The molecule has 1 saturated heterocycles. The summed E-state index contributed by atoms with van der Waals surface area (Å²) in [6.45, 7) is 3.88. The summed E-state index contributed by atoms with van der Waals surface area (Å²) in [5, 5.41) is 7.45. The zero-order chi connectivity index (χ0) is 19.6. The Morgan fingerprint density at radius 2 is 2.07 bits per heavy atom. The van der Waals surface area contributed by atoms with Gasteiger partial charge in [0.2, 0.25) is 5.91 Å². The highest BCUT2D eigenvalue weighted by Gasteiger charge is 2.22. The summed E-state index contributed by atoms with van der Waals surface area (Å²) >= 11 is 18.2. The molecule has 9 heteroatoms. The molecule has 1 fully saturated rings. The van der Waals surface area contributed by atoms with Crippen molar-refractivity contribution in [3.05, 3.63) is 49.8 Å². The van der Waals surface area contributed by atoms with Crippen LogP contribution in [0.15, 0.2) is 29.2 Å². The zero-order valence-electron chi connectivity index (χ0n) is 14.7. The predicted octanol–water partition coefficient (Wildman–Crippen LogP) is 3.55. The molecule has 1 unspecified atom stereocenters. The van der Waals surface area contributed by atoms with Crippen LogP contribution in [0.2, 0.25) is 15.1 Å². The lowest BCUT2D eigenvalue weighted by Gasteiger charge is -2.35. The van der Waals surface area contributed by atoms with Gasteiger partial charge < -0.3 is 10.2 Å². The average molecular weight is 430 g/mol. The van der Waals surface area contributed by atoms with Crippen LogP contribution in [0.1, 0.15) is 19.8 Å². The summed E-state index contributed by atoms with van der Waals surface area (Å²) in [7, 11) is 0. The fraction of sp³-hybridized carbons (Fsp3) is 0.389. The molecular weight excluding hydrogens is 411 g/mol. The molecule has 144 valence electrons. The van der Waals surface area contributed by atoms with Crippen molar-refractivity contribution in [1.82, 2.24) is 15.1 Å². The van der Waals surface area contributed by atoms with Gasteiger partial charge in [0.1, 0.15) is 5.02 Å². The van der Waals surface area contributed by atoms with Crippen molar-refractivity contribution in [3.63, 3.8) is 0 Å². The molecule has 1 amide bonds. The SMILES string of the molecule is CC(=O)NCC1CCCN(c2ccc(-n3ncc(Cl)c(Cl)c3=O)cc2Cl)C1. The van der Waals surface area contributed by atoms with Crippen LogP contribution in [-0.4, -0.2) is 35.3 Å². The van der Waals surface area contributed by atoms with Gasteiger partial charge in [0, 0.05) is 26.6 Å². The van der Waals surface area contributed by atoms with E-state index < -0.39 is 5.56 Å². The molecule has 0 saturated carbocycles. The van der Waals surface area contributed by atoms with E-state index in [-0.39, 0.29) is 16.0 Å². The Kier molecular flexibility index (Phi) is 6.29. The Labute approximate surface area is 172 Å². The van der Waals surface area contributed by atoms with Crippen LogP contribution in [0, 0.1) is 5.92 Å². The van der Waals surface area contributed by atoms with Gasteiger partial charge in [-0.05, 0) is 37.0 Å². The summed E-state index contributed by atoms with van der Waals surface area (Å²) in [5.41, 5.74) is 0.904. The van der Waals surface area contributed by atoms with Crippen molar-refractivity contribution in [1.29, 1.82) is 0 Å². The van der Waals surface area contributed by atoms with Gasteiger partial charge in [-0.3, -0.25) is 9.59 Å². The Balaban J connectivity index is 1.82. The van der Waals surface area contributed by atoms with Gasteiger partial charge in [0.05, 0.1) is 27.6 Å². The number of amides is 1. The number of halogens is 3. The van der Waals surface area contributed by atoms with Crippen molar-refractivity contribution < 1.29 is 4.79 Å². The maximum atomic E-state index is 12.3. The lowest BCUT2D eigenvalue weighted by atomic mass is 9.97. The number of rotatable bonds is 4. The first-order chi connectivity index (χ1) is 12.9. The smallest absolute Gasteiger partial charge is 0.291 e. The first-order valence-corrected chi connectivity index (χ1v) is 9.73. The van der Waals surface area contributed by atoms with E-state index >= 15 is 0 Å². The second-order valence-corrected chi connectivity index (χ2v) is 7.74. The highest BCUT2D eigenvalue weighted by atomic mass is 35.5. The van der Waals surface area contributed by atoms with Gasteiger partial charge in [0.15, 0.2) is 0 Å². The van der Waals surface area contributed by atoms with Gasteiger partial charge >= 0.3 is 0 Å². The van der Waals surface area contributed by atoms with E-state index in [1.807, 2.05) is 6.07 Å². The fourth-order valence-corrected chi connectivity index (χ4v) is 3.77. The molecule has 1 N–H and O–H groups in total. The van der Waals surface area contributed by atoms with Crippen LogP contribution in [-0.2, 0) is 4.79 Å². The second-order valence-electron chi connectivity index (χ2n) is 6.55. The van der Waals surface area contributed by atoms with E-state index in [0.717, 1.165) is 31.6 Å². The minimum absolute atomic E-state index is 0.0194. The largest absolute Gasteiger partial charge is 0.370 e. The van der Waals surface area contributed by atoms with E-state index in [2.05, 4.69) is 15.3 Å². The van der Waals surface area contributed by atoms with E-state index in [1.54, 1.807) is 12.1 Å². The molecular formula is C18H19Cl3N4O2. The number of hydrogen-bond donors (Lipinski definition) is 1. The number of piperidine rings is 1. The lowest BCUT2D eigenvalue weighted by Crippen LogP contribution is -2.40. The van der Waals surface area contributed by atoms with E-state index in [4.69, 9.17) is 34.8 Å². The molecule has 3 rings (SSSR count). The van der Waals surface area contributed by atoms with Gasteiger partial charge in [-0.2, -0.15) is 9.78 Å². The van der Waals surface area contributed by atoms with Crippen molar-refractivity contribution in [3.8, 4) is 5.69 Å². The molecule has 27 heavy (non-hydrogen) atoms. The standard InChI is InChI=1S/C18H19Cl3N4O2/c1-11(26)22-8-12-3-2-6-24(10-12)16-5-4-13(7-14(16)19)25-18(27)17(21)15(20)9-23-25/h4-5,7,9,12H,2-3,6,8,10H2,1H3,(H,22,26). The van der Waals surface area contributed by atoms with Gasteiger partial charge in [-0.25, -0.2) is 0 Å². The van der Waals surface area contributed by atoms with Crippen LogP contribution < -0.4 is 15.8 Å². The van der Waals surface area contributed by atoms with Crippen molar-refractivity contribution >= 4 is 46.4 Å². The Morgan fingerprint density at radius 3 is 2.78 bits per heavy atom. The Bertz CT molecular complexity index is 916. The number of benzene rings is 1. The minimum atomic E-state index is -0.499. The molecule has 1 aromatic carbocycles. The summed E-state index contributed by atoms with van der Waals surface area (Å²) < 4.78 is 1.17. The number of aromatic nitrogens is 2. The fourth-order valence-electron chi connectivity index (χ4n) is 3.22. The molecule has 1 aromatic heterocycles. The molecule has 0 spiro atoms. The molecule has 0 aliphatic carbocycles. The molecule has 1 aliphatic heterocycles. The number of nitrogens with one attached hydrogen (secondary N) is 1. The molecule has 0 bridgehead atoms. The summed E-state index contributed by atoms with van der Waals surface area (Å²) in [6, 6.07) is 5.33. The van der Waals surface area contributed by atoms with Crippen LogP contribution in [0.4, 0.5) is 5.69 Å². The third-order valence-corrected chi connectivity index (χ3v) is 5.60. The highest BCUT2D eigenvalue weighted by molar-refractivity contribution is 6.41. The van der Waals surface area contributed by atoms with Crippen LogP contribution in [0.25, 0.3) is 5.69 Å². The summed E-state index contributed by atoms with van der Waals surface area (Å²) in [4.78, 5) is 25.6. The number of hydrogen-bond acceptors (Lipinski definition) is 4. The summed E-state index contributed by atoms with van der Waals surface area (Å²) in [6.07, 6.45) is 3.41. The number of nitrogens with zero attached hydrogens (tertiary/aromatic N) is 3. The van der Waals surface area contributed by atoms with E-state index in [9.17, 15) is 9.59 Å². The monoisotopic (exact) mass is 428 g/mol. The maximum absolute atomic E-state index is 12.3. The Hall–Kier alpha value is -1.76. The first-order valence-electron chi connectivity index (χ1n) is 8.59. The normalized spacial score (nSPS) is 17.0. The molecule has 1 atom stereocenters. The van der Waals surface area contributed by atoms with Crippen molar-refractivity contribution in [2.24, 2.45) is 5.92 Å². The third-order valence-electron chi connectivity index (χ3n) is 4.55. The average Bonchev–Trinajstić information content (AvgIpc) is 2.65. The first kappa shape index (κ1) is 20.0. The molecule has 1 aliphatic rings. The molecule has 6 nitrogen and oxygen atoms in total. The molecule has 2 heterocycles. The highest BCUT2D eigenvalue weighted by Crippen LogP contribution is 2.31. The molecule has 2 aromatic rings. The predicted molar refractivity (Wildman–Crippen MR) is 108 cm³/mol. The van der Waals surface area contributed by atoms with Crippen molar-refractivity contribution in [2.45, 2.75) is 19.8 Å². The quantitative estimate of drug-likeness (QED) is 0.807. The zero-order valence-corrected chi connectivity index (χ0v) is 17.0. The van der Waals surface area contributed by atoms with E-state index in [0.29, 0.717) is 23.2 Å².